The van der Waals surface area contributed by atoms with E-state index in [9.17, 15) is 4.79 Å². The largest absolute Gasteiger partial charge is 0.300 e. The van der Waals surface area contributed by atoms with Crippen molar-refractivity contribution in [1.29, 1.82) is 0 Å². The molecule has 1 amide bonds. The molecule has 9 heteroatoms. The van der Waals surface area contributed by atoms with E-state index in [1.54, 1.807) is 4.68 Å². The Hall–Kier alpha value is -4.37. The van der Waals surface area contributed by atoms with E-state index in [0.29, 0.717) is 11.1 Å². The van der Waals surface area contributed by atoms with Crippen LogP contribution in [0.5, 0.6) is 0 Å². The molecular weight excluding hydrogens is 470 g/mol. The predicted molar refractivity (Wildman–Crippen MR) is 142 cm³/mol. The van der Waals surface area contributed by atoms with Crippen LogP contribution in [0.15, 0.2) is 78.9 Å². The Morgan fingerprint density at radius 2 is 1.69 bits per heavy atom. The quantitative estimate of drug-likeness (QED) is 0.371. The van der Waals surface area contributed by atoms with Gasteiger partial charge in [0, 0.05) is 0 Å². The lowest BCUT2D eigenvalue weighted by molar-refractivity contribution is -0.114. The molecule has 36 heavy (non-hydrogen) atoms. The number of carbonyl (C=O) groups excluding carboxylic acids is 1. The normalized spacial score (nSPS) is 15.0. The number of para-hydroxylation sites is 1. The van der Waals surface area contributed by atoms with Crippen LogP contribution < -0.4 is 10.2 Å². The summed E-state index contributed by atoms with van der Waals surface area (Å²) >= 11 is 1.45. The van der Waals surface area contributed by atoms with Gasteiger partial charge in [0.05, 0.1) is 15.9 Å². The summed E-state index contributed by atoms with van der Waals surface area (Å²) in [6.45, 7) is 4.15. The lowest BCUT2D eigenvalue weighted by Gasteiger charge is -2.32. The summed E-state index contributed by atoms with van der Waals surface area (Å²) in [5.74, 6) is 0.313. The van der Waals surface area contributed by atoms with Crippen molar-refractivity contribution in [3.63, 3.8) is 0 Å². The highest BCUT2D eigenvalue weighted by Crippen LogP contribution is 2.36. The van der Waals surface area contributed by atoms with Crippen molar-refractivity contribution in [1.82, 2.24) is 25.2 Å². The van der Waals surface area contributed by atoms with E-state index in [1.807, 2.05) is 29.2 Å². The first-order valence-electron chi connectivity index (χ1n) is 11.6. The van der Waals surface area contributed by atoms with Crippen LogP contribution in [0, 0.1) is 13.8 Å². The number of tetrazole rings is 1. The third-order valence-electron chi connectivity index (χ3n) is 6.20. The van der Waals surface area contributed by atoms with Gasteiger partial charge < -0.3 is 5.32 Å². The fourth-order valence-corrected chi connectivity index (χ4v) is 5.21. The molecule has 178 valence electrons. The van der Waals surface area contributed by atoms with Gasteiger partial charge >= 0.3 is 0 Å². The summed E-state index contributed by atoms with van der Waals surface area (Å²) in [6, 6.07) is 24.2. The van der Waals surface area contributed by atoms with Crippen LogP contribution in [0.3, 0.4) is 0 Å². The molecule has 3 heterocycles. The second kappa shape index (κ2) is 9.01. The number of allylic oxidation sites excluding steroid dienone is 1. The summed E-state index contributed by atoms with van der Waals surface area (Å²) in [5.41, 5.74) is 6.14. The van der Waals surface area contributed by atoms with Gasteiger partial charge in [0.2, 0.25) is 5.91 Å². The summed E-state index contributed by atoms with van der Waals surface area (Å²) in [4.78, 5) is 19.6. The van der Waals surface area contributed by atoms with Crippen LogP contribution >= 0.6 is 11.3 Å². The summed E-state index contributed by atoms with van der Waals surface area (Å²) in [7, 11) is 0. The highest BCUT2D eigenvalue weighted by Gasteiger charge is 2.32. The van der Waals surface area contributed by atoms with Crippen molar-refractivity contribution in [3.05, 3.63) is 101 Å². The number of anilines is 2. The SMILES string of the molecule is Cc1ccc(C2=CC(c3ccc(C)cc3)n3nnnc3N2CC(=O)Nc2nc3ccccc3s2)cc1. The van der Waals surface area contributed by atoms with Gasteiger partial charge in [0.15, 0.2) is 5.13 Å². The number of hydrogen-bond donors (Lipinski definition) is 1. The molecule has 0 aliphatic carbocycles. The van der Waals surface area contributed by atoms with E-state index in [1.165, 1.54) is 16.9 Å². The van der Waals surface area contributed by atoms with Gasteiger partial charge in [0.1, 0.15) is 12.6 Å². The number of carbonyl (C=O) groups is 1. The van der Waals surface area contributed by atoms with Gasteiger partial charge in [-0.05, 0) is 53.6 Å². The number of fused-ring (bicyclic) bond motifs is 2. The zero-order chi connectivity index (χ0) is 24.6. The van der Waals surface area contributed by atoms with Gasteiger partial charge in [-0.15, -0.1) is 0 Å². The van der Waals surface area contributed by atoms with Crippen LogP contribution in [-0.4, -0.2) is 37.6 Å². The number of benzene rings is 3. The third kappa shape index (κ3) is 4.14. The zero-order valence-corrected chi connectivity index (χ0v) is 20.6. The highest BCUT2D eigenvalue weighted by molar-refractivity contribution is 7.22. The summed E-state index contributed by atoms with van der Waals surface area (Å²) in [5, 5.41) is 16.1. The maximum Gasteiger partial charge on any atom is 0.251 e. The van der Waals surface area contributed by atoms with E-state index in [0.717, 1.165) is 32.6 Å². The van der Waals surface area contributed by atoms with Gasteiger partial charge in [-0.25, -0.2) is 4.98 Å². The number of aryl methyl sites for hydroxylation is 2. The highest BCUT2D eigenvalue weighted by atomic mass is 32.1. The van der Waals surface area contributed by atoms with E-state index in [2.05, 4.69) is 94.3 Å². The van der Waals surface area contributed by atoms with Crippen molar-refractivity contribution < 1.29 is 4.79 Å². The van der Waals surface area contributed by atoms with Crippen LogP contribution in [-0.2, 0) is 4.79 Å². The molecule has 3 aromatic carbocycles. The number of hydrogen-bond acceptors (Lipinski definition) is 7. The molecule has 1 unspecified atom stereocenters. The van der Waals surface area contributed by atoms with Crippen molar-refractivity contribution in [2.75, 3.05) is 16.8 Å². The zero-order valence-electron chi connectivity index (χ0n) is 19.8. The molecule has 1 aliphatic heterocycles. The molecule has 8 nitrogen and oxygen atoms in total. The molecule has 0 bridgehead atoms. The Morgan fingerprint density at radius 1 is 0.972 bits per heavy atom. The van der Waals surface area contributed by atoms with E-state index >= 15 is 0 Å². The summed E-state index contributed by atoms with van der Waals surface area (Å²) in [6.07, 6.45) is 2.11. The third-order valence-corrected chi connectivity index (χ3v) is 7.15. The molecular formula is C27H23N7OS. The minimum absolute atomic E-state index is 0.0383. The first-order valence-corrected chi connectivity index (χ1v) is 12.4. The molecule has 0 saturated carbocycles. The molecule has 2 aromatic heterocycles. The first kappa shape index (κ1) is 22.1. The molecule has 0 radical (unpaired) electrons. The molecule has 0 fully saturated rings. The average molecular weight is 494 g/mol. The number of nitrogens with one attached hydrogen (secondary N) is 1. The minimum atomic E-state index is -0.199. The second-order valence-corrected chi connectivity index (χ2v) is 9.85. The van der Waals surface area contributed by atoms with E-state index in [-0.39, 0.29) is 18.5 Å². The molecule has 5 aromatic rings. The fourth-order valence-electron chi connectivity index (χ4n) is 4.33. The molecule has 1 atom stereocenters. The Kier molecular flexibility index (Phi) is 5.54. The molecule has 1 N–H and O–H groups in total. The Morgan fingerprint density at radius 3 is 2.44 bits per heavy atom. The van der Waals surface area contributed by atoms with Gasteiger partial charge in [-0.3, -0.25) is 9.69 Å². The molecule has 0 spiro atoms. The lowest BCUT2D eigenvalue weighted by Crippen LogP contribution is -2.37. The van der Waals surface area contributed by atoms with Gasteiger partial charge in [0.25, 0.3) is 5.95 Å². The standard InChI is InChI=1S/C27H23N7OS/c1-17-7-11-19(12-8-17)22-15-23(20-13-9-18(2)10-14-20)34-27(30-31-32-34)33(22)16-25(35)29-26-28-21-5-3-4-6-24(21)36-26/h3-15,23H,16H2,1-2H3,(H,28,29,35). The van der Waals surface area contributed by atoms with Crippen molar-refractivity contribution in [3.8, 4) is 0 Å². The van der Waals surface area contributed by atoms with Crippen molar-refractivity contribution in [2.45, 2.75) is 19.9 Å². The molecule has 1 aliphatic rings. The monoisotopic (exact) mass is 493 g/mol. The topological polar surface area (TPSA) is 88.8 Å². The van der Waals surface area contributed by atoms with Gasteiger partial charge in [-0.2, -0.15) is 4.68 Å². The number of amides is 1. The smallest absolute Gasteiger partial charge is 0.251 e. The van der Waals surface area contributed by atoms with Crippen molar-refractivity contribution in [2.24, 2.45) is 0 Å². The van der Waals surface area contributed by atoms with Crippen LogP contribution in [0.1, 0.15) is 28.3 Å². The second-order valence-electron chi connectivity index (χ2n) is 8.82. The predicted octanol–water partition coefficient (Wildman–Crippen LogP) is 4.99. The summed E-state index contributed by atoms with van der Waals surface area (Å²) < 4.78 is 2.78. The van der Waals surface area contributed by atoms with E-state index in [4.69, 9.17) is 0 Å². The van der Waals surface area contributed by atoms with Crippen LogP contribution in [0.2, 0.25) is 0 Å². The Labute approximate surface area is 211 Å². The number of thiazole rings is 1. The fraction of sp³-hybridized carbons (Fsp3) is 0.148. The van der Waals surface area contributed by atoms with Crippen molar-refractivity contribution >= 4 is 44.2 Å². The average Bonchev–Trinajstić information content (AvgIpc) is 3.52. The lowest BCUT2D eigenvalue weighted by atomic mass is 9.99. The Bertz CT molecular complexity index is 1550. The van der Waals surface area contributed by atoms with E-state index < -0.39 is 0 Å². The molecule has 6 rings (SSSR count). The Balaban J connectivity index is 1.37. The number of aromatic nitrogens is 5. The maximum absolute atomic E-state index is 13.2. The number of rotatable bonds is 5. The van der Waals surface area contributed by atoms with Crippen LogP contribution in [0.4, 0.5) is 11.1 Å². The maximum atomic E-state index is 13.2. The van der Waals surface area contributed by atoms with Crippen LogP contribution in [0.25, 0.3) is 15.9 Å². The van der Waals surface area contributed by atoms with Gasteiger partial charge in [-0.1, -0.05) is 88.2 Å². The first-order chi connectivity index (χ1) is 17.5. The number of nitrogens with zero attached hydrogens (tertiary/aromatic N) is 6. The minimum Gasteiger partial charge on any atom is -0.300 e. The molecule has 0 saturated heterocycles.